The van der Waals surface area contributed by atoms with Gasteiger partial charge in [-0.2, -0.15) is 0 Å². The molecule has 0 aliphatic carbocycles. The zero-order valence-corrected chi connectivity index (χ0v) is 13.1. The first-order valence-corrected chi connectivity index (χ1v) is 7.56. The minimum absolute atomic E-state index is 0.111. The van der Waals surface area contributed by atoms with Crippen molar-refractivity contribution in [2.45, 2.75) is 19.0 Å². The van der Waals surface area contributed by atoms with Crippen LogP contribution in [0.2, 0.25) is 0 Å². The Labute approximate surface area is 130 Å². The topological polar surface area (TPSA) is 60.0 Å². The molecule has 1 unspecified atom stereocenters. The molecule has 1 aromatic carbocycles. The Bertz CT molecular complexity index is 555. The molecular formula is C16H22N2O4. The number of morpholine rings is 1. The molecule has 22 heavy (non-hydrogen) atoms. The van der Waals surface area contributed by atoms with Gasteiger partial charge in [-0.15, -0.1) is 0 Å². The quantitative estimate of drug-likeness (QED) is 0.885. The van der Waals surface area contributed by atoms with Crippen LogP contribution < -0.4 is 14.8 Å². The third-order valence-electron chi connectivity index (χ3n) is 4.25. The van der Waals surface area contributed by atoms with Crippen LogP contribution in [0.4, 0.5) is 0 Å². The molecule has 1 aromatic rings. The molecule has 120 valence electrons. The number of nitrogens with one attached hydrogen (secondary N) is 1. The fourth-order valence-electron chi connectivity index (χ4n) is 3.02. The van der Waals surface area contributed by atoms with Crippen LogP contribution in [-0.2, 0) is 22.5 Å². The highest BCUT2D eigenvalue weighted by Gasteiger charge is 2.29. The van der Waals surface area contributed by atoms with Crippen LogP contribution in [0, 0.1) is 0 Å². The maximum atomic E-state index is 12.6. The molecule has 6 nitrogen and oxygen atoms in total. The Balaban J connectivity index is 1.76. The second-order valence-electron chi connectivity index (χ2n) is 5.57. The summed E-state index contributed by atoms with van der Waals surface area (Å²) in [6.45, 7) is 3.18. The maximum Gasteiger partial charge on any atom is 0.242 e. The first-order chi connectivity index (χ1) is 10.7. The molecular weight excluding hydrogens is 284 g/mol. The number of methoxy groups -OCH3 is 2. The lowest BCUT2D eigenvalue weighted by atomic mass is 9.98. The van der Waals surface area contributed by atoms with E-state index in [0.717, 1.165) is 30.8 Å². The van der Waals surface area contributed by atoms with Crippen LogP contribution in [0.15, 0.2) is 12.1 Å². The number of carbonyl (C=O) groups excluding carboxylic acids is 1. The molecule has 0 radical (unpaired) electrons. The number of amides is 1. The van der Waals surface area contributed by atoms with Gasteiger partial charge in [0.25, 0.3) is 0 Å². The summed E-state index contributed by atoms with van der Waals surface area (Å²) in [5.74, 6) is 1.55. The van der Waals surface area contributed by atoms with Crippen molar-refractivity contribution >= 4 is 5.91 Å². The number of rotatable bonds is 3. The van der Waals surface area contributed by atoms with E-state index in [2.05, 4.69) is 5.32 Å². The normalized spacial score (nSPS) is 21.2. The van der Waals surface area contributed by atoms with Crippen LogP contribution in [0.3, 0.4) is 0 Å². The Morgan fingerprint density at radius 3 is 2.64 bits per heavy atom. The summed E-state index contributed by atoms with van der Waals surface area (Å²) in [6, 6.07) is 3.76. The molecule has 0 aromatic heterocycles. The van der Waals surface area contributed by atoms with E-state index in [1.54, 1.807) is 14.2 Å². The summed E-state index contributed by atoms with van der Waals surface area (Å²) in [7, 11) is 3.26. The fraction of sp³-hybridized carbons (Fsp3) is 0.562. The molecule has 2 aliphatic heterocycles. The second kappa shape index (κ2) is 6.54. The van der Waals surface area contributed by atoms with Gasteiger partial charge in [0, 0.05) is 19.6 Å². The summed E-state index contributed by atoms with van der Waals surface area (Å²) >= 11 is 0. The van der Waals surface area contributed by atoms with Crippen molar-refractivity contribution in [2.75, 3.05) is 40.5 Å². The van der Waals surface area contributed by atoms with Crippen molar-refractivity contribution in [2.24, 2.45) is 0 Å². The van der Waals surface area contributed by atoms with E-state index in [9.17, 15) is 4.79 Å². The van der Waals surface area contributed by atoms with Gasteiger partial charge in [-0.1, -0.05) is 0 Å². The highest BCUT2D eigenvalue weighted by Crippen LogP contribution is 2.33. The van der Waals surface area contributed by atoms with Crippen LogP contribution in [0.25, 0.3) is 0 Å². The van der Waals surface area contributed by atoms with Crippen LogP contribution in [0.1, 0.15) is 11.1 Å². The largest absolute Gasteiger partial charge is 0.493 e. The molecule has 0 spiro atoms. The average Bonchev–Trinajstić information content (AvgIpc) is 2.60. The van der Waals surface area contributed by atoms with E-state index < -0.39 is 0 Å². The Hall–Kier alpha value is -1.79. The van der Waals surface area contributed by atoms with Gasteiger partial charge in [0.15, 0.2) is 11.5 Å². The molecule has 2 heterocycles. The number of benzene rings is 1. The van der Waals surface area contributed by atoms with Gasteiger partial charge in [-0.05, 0) is 29.7 Å². The predicted octanol–water partition coefficient (Wildman–Crippen LogP) is 0.577. The van der Waals surface area contributed by atoms with Crippen molar-refractivity contribution < 1.29 is 19.0 Å². The van der Waals surface area contributed by atoms with Crippen molar-refractivity contribution in [1.82, 2.24) is 10.2 Å². The minimum Gasteiger partial charge on any atom is -0.493 e. The first kappa shape index (κ1) is 15.1. The predicted molar refractivity (Wildman–Crippen MR) is 81.3 cm³/mol. The molecule has 1 atom stereocenters. The molecule has 1 N–H and O–H groups in total. The number of fused-ring (bicyclic) bond motifs is 1. The third kappa shape index (κ3) is 2.89. The van der Waals surface area contributed by atoms with Crippen molar-refractivity contribution in [3.05, 3.63) is 23.3 Å². The monoisotopic (exact) mass is 306 g/mol. The molecule has 1 fully saturated rings. The Kier molecular flexibility index (Phi) is 4.49. The molecule has 2 aliphatic rings. The van der Waals surface area contributed by atoms with Gasteiger partial charge in [0.2, 0.25) is 5.91 Å². The van der Waals surface area contributed by atoms with E-state index in [4.69, 9.17) is 14.2 Å². The standard InChI is InChI=1S/C16H22N2O4/c1-20-14-7-11-3-5-18(9-12(11)8-15(14)21-2)16(19)13-10-22-6-4-17-13/h7-8,13,17H,3-6,9-10H2,1-2H3. The van der Waals surface area contributed by atoms with Crippen molar-refractivity contribution in [1.29, 1.82) is 0 Å². The summed E-state index contributed by atoms with van der Waals surface area (Å²) < 4.78 is 16.1. The minimum atomic E-state index is -0.226. The molecule has 0 bridgehead atoms. The zero-order chi connectivity index (χ0) is 15.5. The van der Waals surface area contributed by atoms with Gasteiger partial charge < -0.3 is 24.4 Å². The molecule has 1 saturated heterocycles. The fourth-order valence-corrected chi connectivity index (χ4v) is 3.02. The van der Waals surface area contributed by atoms with Gasteiger partial charge in [0.1, 0.15) is 6.04 Å². The van der Waals surface area contributed by atoms with Crippen LogP contribution in [-0.4, -0.2) is 57.4 Å². The average molecular weight is 306 g/mol. The highest BCUT2D eigenvalue weighted by molar-refractivity contribution is 5.82. The lowest BCUT2D eigenvalue weighted by molar-refractivity contribution is -0.137. The van der Waals surface area contributed by atoms with Crippen molar-refractivity contribution in [3.63, 3.8) is 0 Å². The molecule has 3 rings (SSSR count). The zero-order valence-electron chi connectivity index (χ0n) is 13.1. The van der Waals surface area contributed by atoms with E-state index in [0.29, 0.717) is 25.5 Å². The van der Waals surface area contributed by atoms with E-state index in [1.807, 2.05) is 17.0 Å². The van der Waals surface area contributed by atoms with Gasteiger partial charge >= 0.3 is 0 Å². The summed E-state index contributed by atoms with van der Waals surface area (Å²) in [5.41, 5.74) is 2.34. The maximum absolute atomic E-state index is 12.6. The molecule has 0 saturated carbocycles. The van der Waals surface area contributed by atoms with Gasteiger partial charge in [0.05, 0.1) is 27.4 Å². The van der Waals surface area contributed by atoms with E-state index in [1.165, 1.54) is 5.56 Å². The first-order valence-electron chi connectivity index (χ1n) is 7.56. The van der Waals surface area contributed by atoms with Crippen molar-refractivity contribution in [3.8, 4) is 11.5 Å². The summed E-state index contributed by atoms with van der Waals surface area (Å²) in [4.78, 5) is 14.5. The third-order valence-corrected chi connectivity index (χ3v) is 4.25. The van der Waals surface area contributed by atoms with Crippen LogP contribution in [0.5, 0.6) is 11.5 Å². The van der Waals surface area contributed by atoms with Gasteiger partial charge in [-0.3, -0.25) is 4.79 Å². The summed E-state index contributed by atoms with van der Waals surface area (Å²) in [5, 5.41) is 3.22. The van der Waals surface area contributed by atoms with Gasteiger partial charge in [-0.25, -0.2) is 0 Å². The number of carbonyl (C=O) groups is 1. The SMILES string of the molecule is COc1cc2c(cc1OC)CN(C(=O)C1COCCN1)CC2. The lowest BCUT2D eigenvalue weighted by Crippen LogP contribution is -2.53. The van der Waals surface area contributed by atoms with Crippen LogP contribution >= 0.6 is 0 Å². The number of ether oxygens (including phenoxy) is 3. The smallest absolute Gasteiger partial charge is 0.242 e. The summed E-state index contributed by atoms with van der Waals surface area (Å²) in [6.07, 6.45) is 0.828. The number of hydrogen-bond acceptors (Lipinski definition) is 5. The van der Waals surface area contributed by atoms with E-state index >= 15 is 0 Å². The number of nitrogens with zero attached hydrogens (tertiary/aromatic N) is 1. The van der Waals surface area contributed by atoms with E-state index in [-0.39, 0.29) is 11.9 Å². The molecule has 1 amide bonds. The second-order valence-corrected chi connectivity index (χ2v) is 5.57. The Morgan fingerprint density at radius 2 is 2.00 bits per heavy atom. The number of hydrogen-bond donors (Lipinski definition) is 1. The molecule has 6 heteroatoms. The Morgan fingerprint density at radius 1 is 1.27 bits per heavy atom. The highest BCUT2D eigenvalue weighted by atomic mass is 16.5. The lowest BCUT2D eigenvalue weighted by Gasteiger charge is -2.33.